The maximum absolute atomic E-state index is 11.5. The lowest BCUT2D eigenvalue weighted by Gasteiger charge is -2.10. The predicted molar refractivity (Wildman–Crippen MR) is 54.0 cm³/mol. The number of carbonyl (C=O) groups is 1. The summed E-state index contributed by atoms with van der Waals surface area (Å²) >= 11 is 0. The van der Waals surface area contributed by atoms with Crippen LogP contribution >= 0.6 is 0 Å². The summed E-state index contributed by atoms with van der Waals surface area (Å²) in [6, 6.07) is 0.172. The van der Waals surface area contributed by atoms with Crippen molar-refractivity contribution < 1.29 is 4.79 Å². The zero-order valence-corrected chi connectivity index (χ0v) is 8.74. The van der Waals surface area contributed by atoms with E-state index in [1.54, 1.807) is 6.20 Å². The molecule has 0 aromatic carbocycles. The fraction of sp³-hybridized carbons (Fsp3) is 0.500. The molecule has 1 N–H and O–H groups in total. The molecule has 0 spiro atoms. The molecule has 1 amide bonds. The van der Waals surface area contributed by atoms with E-state index in [1.165, 1.54) is 6.20 Å². The Balaban J connectivity index is 2.65. The monoisotopic (exact) mass is 193 g/mol. The van der Waals surface area contributed by atoms with Crippen molar-refractivity contribution in [1.82, 2.24) is 15.3 Å². The topological polar surface area (TPSA) is 54.9 Å². The molecule has 1 aromatic rings. The second-order valence-corrected chi connectivity index (χ2v) is 3.33. The molecule has 0 aliphatic rings. The summed E-state index contributed by atoms with van der Waals surface area (Å²) in [4.78, 5) is 19.5. The first-order chi connectivity index (χ1) is 6.63. The molecule has 1 aromatic heterocycles. The van der Waals surface area contributed by atoms with Gasteiger partial charge in [-0.1, -0.05) is 6.92 Å². The molecule has 0 radical (unpaired) electrons. The first-order valence-electron chi connectivity index (χ1n) is 4.73. The molecule has 4 heteroatoms. The minimum absolute atomic E-state index is 0.160. The molecule has 1 atom stereocenters. The minimum Gasteiger partial charge on any atom is -0.348 e. The van der Waals surface area contributed by atoms with Crippen LogP contribution in [0.5, 0.6) is 0 Å². The Bertz CT molecular complexity index is 308. The number of rotatable bonds is 3. The van der Waals surface area contributed by atoms with Crippen LogP contribution < -0.4 is 5.32 Å². The summed E-state index contributed by atoms with van der Waals surface area (Å²) in [7, 11) is 0. The number of nitrogens with zero attached hydrogens (tertiary/aromatic N) is 2. The van der Waals surface area contributed by atoms with Crippen molar-refractivity contribution in [3.8, 4) is 0 Å². The van der Waals surface area contributed by atoms with Crippen molar-refractivity contribution in [1.29, 1.82) is 0 Å². The largest absolute Gasteiger partial charge is 0.348 e. The summed E-state index contributed by atoms with van der Waals surface area (Å²) in [5, 5.41) is 2.82. The van der Waals surface area contributed by atoms with E-state index in [-0.39, 0.29) is 11.9 Å². The Morgan fingerprint density at radius 1 is 1.50 bits per heavy atom. The lowest BCUT2D eigenvalue weighted by molar-refractivity contribution is 0.0934. The third kappa shape index (κ3) is 2.80. The van der Waals surface area contributed by atoms with Crippen molar-refractivity contribution in [2.45, 2.75) is 33.2 Å². The Hall–Kier alpha value is -1.45. The fourth-order valence-electron chi connectivity index (χ4n) is 0.910. The van der Waals surface area contributed by atoms with Gasteiger partial charge in [0.15, 0.2) is 0 Å². The van der Waals surface area contributed by atoms with Gasteiger partial charge < -0.3 is 5.32 Å². The minimum atomic E-state index is -0.160. The Morgan fingerprint density at radius 2 is 2.21 bits per heavy atom. The van der Waals surface area contributed by atoms with Crippen LogP contribution in [0.15, 0.2) is 12.4 Å². The summed E-state index contributed by atoms with van der Waals surface area (Å²) in [6.45, 7) is 5.81. The van der Waals surface area contributed by atoms with Crippen LogP contribution in [0.3, 0.4) is 0 Å². The molecule has 0 fully saturated rings. The maximum Gasteiger partial charge on any atom is 0.271 e. The molecular weight excluding hydrogens is 178 g/mol. The second kappa shape index (κ2) is 4.69. The van der Waals surface area contributed by atoms with Crippen molar-refractivity contribution in [3.05, 3.63) is 23.8 Å². The second-order valence-electron chi connectivity index (χ2n) is 3.33. The van der Waals surface area contributed by atoms with E-state index in [9.17, 15) is 4.79 Å². The predicted octanol–water partition coefficient (Wildman–Crippen LogP) is 1.31. The molecule has 0 bridgehead atoms. The molecule has 0 saturated heterocycles. The standard InChI is InChI=1S/C10H15N3O/c1-4-7(2)13-10(14)9-6-11-8(3)5-12-9/h5-7H,4H2,1-3H3,(H,13,14). The molecule has 14 heavy (non-hydrogen) atoms. The molecule has 0 saturated carbocycles. The van der Waals surface area contributed by atoms with Crippen molar-refractivity contribution in [2.75, 3.05) is 0 Å². The molecule has 76 valence electrons. The van der Waals surface area contributed by atoms with Crippen LogP contribution in [-0.4, -0.2) is 21.9 Å². The van der Waals surface area contributed by atoms with E-state index in [1.807, 2.05) is 20.8 Å². The normalized spacial score (nSPS) is 12.2. The van der Waals surface area contributed by atoms with E-state index >= 15 is 0 Å². The third-order valence-corrected chi connectivity index (χ3v) is 2.00. The lowest BCUT2D eigenvalue weighted by Crippen LogP contribution is -2.32. The van der Waals surface area contributed by atoms with Gasteiger partial charge in [-0.25, -0.2) is 4.98 Å². The van der Waals surface area contributed by atoms with E-state index in [2.05, 4.69) is 15.3 Å². The van der Waals surface area contributed by atoms with Gasteiger partial charge in [-0.2, -0.15) is 0 Å². The van der Waals surface area contributed by atoms with Gasteiger partial charge in [0.1, 0.15) is 5.69 Å². The molecule has 4 nitrogen and oxygen atoms in total. The van der Waals surface area contributed by atoms with Crippen LogP contribution in [0.25, 0.3) is 0 Å². The van der Waals surface area contributed by atoms with E-state index in [4.69, 9.17) is 0 Å². The third-order valence-electron chi connectivity index (χ3n) is 2.00. The number of hydrogen-bond donors (Lipinski definition) is 1. The van der Waals surface area contributed by atoms with Gasteiger partial charge in [-0.05, 0) is 20.3 Å². The highest BCUT2D eigenvalue weighted by atomic mass is 16.1. The first kappa shape index (κ1) is 10.6. The number of aryl methyl sites for hydroxylation is 1. The van der Waals surface area contributed by atoms with Crippen LogP contribution in [0, 0.1) is 6.92 Å². The average Bonchev–Trinajstić information content (AvgIpc) is 2.18. The summed E-state index contributed by atoms with van der Waals surface area (Å²) < 4.78 is 0. The summed E-state index contributed by atoms with van der Waals surface area (Å²) in [6.07, 6.45) is 3.99. The fourth-order valence-corrected chi connectivity index (χ4v) is 0.910. The molecule has 1 heterocycles. The molecule has 1 rings (SSSR count). The van der Waals surface area contributed by atoms with E-state index < -0.39 is 0 Å². The zero-order chi connectivity index (χ0) is 10.6. The smallest absolute Gasteiger partial charge is 0.271 e. The number of aromatic nitrogens is 2. The number of carbonyl (C=O) groups excluding carboxylic acids is 1. The number of amides is 1. The Labute approximate surface area is 83.8 Å². The highest BCUT2D eigenvalue weighted by Crippen LogP contribution is 1.96. The summed E-state index contributed by atoms with van der Waals surface area (Å²) in [5.41, 5.74) is 1.18. The van der Waals surface area contributed by atoms with Crippen LogP contribution in [-0.2, 0) is 0 Å². The summed E-state index contributed by atoms with van der Waals surface area (Å²) in [5.74, 6) is -0.160. The van der Waals surface area contributed by atoms with Gasteiger partial charge in [0.25, 0.3) is 5.91 Å². The van der Waals surface area contributed by atoms with Gasteiger partial charge in [0, 0.05) is 12.2 Å². The lowest BCUT2D eigenvalue weighted by atomic mass is 10.2. The molecule has 0 aliphatic carbocycles. The van der Waals surface area contributed by atoms with Gasteiger partial charge in [-0.3, -0.25) is 9.78 Å². The average molecular weight is 193 g/mol. The van der Waals surface area contributed by atoms with Crippen molar-refractivity contribution in [2.24, 2.45) is 0 Å². The molecule has 0 aliphatic heterocycles. The highest BCUT2D eigenvalue weighted by molar-refractivity contribution is 5.92. The van der Waals surface area contributed by atoms with Crippen LogP contribution in [0.1, 0.15) is 36.5 Å². The quantitative estimate of drug-likeness (QED) is 0.787. The van der Waals surface area contributed by atoms with E-state index in [0.29, 0.717) is 5.69 Å². The van der Waals surface area contributed by atoms with Crippen LogP contribution in [0.2, 0.25) is 0 Å². The van der Waals surface area contributed by atoms with Crippen molar-refractivity contribution >= 4 is 5.91 Å². The van der Waals surface area contributed by atoms with Gasteiger partial charge in [-0.15, -0.1) is 0 Å². The molecular formula is C10H15N3O. The number of hydrogen-bond acceptors (Lipinski definition) is 3. The number of nitrogens with one attached hydrogen (secondary N) is 1. The van der Waals surface area contributed by atoms with Crippen LogP contribution in [0.4, 0.5) is 0 Å². The van der Waals surface area contributed by atoms with E-state index in [0.717, 1.165) is 12.1 Å². The molecule has 1 unspecified atom stereocenters. The van der Waals surface area contributed by atoms with Gasteiger partial charge >= 0.3 is 0 Å². The Kier molecular flexibility index (Phi) is 3.56. The van der Waals surface area contributed by atoms with Gasteiger partial charge in [0.05, 0.1) is 11.9 Å². The van der Waals surface area contributed by atoms with Gasteiger partial charge in [0.2, 0.25) is 0 Å². The zero-order valence-electron chi connectivity index (χ0n) is 8.74. The SMILES string of the molecule is CCC(C)NC(=O)c1cnc(C)cn1. The van der Waals surface area contributed by atoms with Crippen molar-refractivity contribution in [3.63, 3.8) is 0 Å². The first-order valence-corrected chi connectivity index (χ1v) is 4.73. The Morgan fingerprint density at radius 3 is 2.71 bits per heavy atom. The maximum atomic E-state index is 11.5. The highest BCUT2D eigenvalue weighted by Gasteiger charge is 2.09.